The second-order valence-electron chi connectivity index (χ2n) is 8.95. The van der Waals surface area contributed by atoms with Crippen molar-refractivity contribution in [3.63, 3.8) is 0 Å². The number of nitrogens with two attached hydrogens (primary N) is 1. The molecule has 1 saturated carbocycles. The van der Waals surface area contributed by atoms with E-state index in [9.17, 15) is 18.7 Å². The second kappa shape index (κ2) is 9.09. The summed E-state index contributed by atoms with van der Waals surface area (Å²) < 4.78 is 27.9. The second-order valence-corrected chi connectivity index (χ2v) is 8.95. The molecule has 29 heavy (non-hydrogen) atoms. The molecule has 0 spiro atoms. The summed E-state index contributed by atoms with van der Waals surface area (Å²) in [4.78, 5) is 15.1. The van der Waals surface area contributed by atoms with Crippen LogP contribution in [0.2, 0.25) is 0 Å². The minimum atomic E-state index is -2.82. The molecule has 2 fully saturated rings. The van der Waals surface area contributed by atoms with Gasteiger partial charge in [0.25, 0.3) is 5.91 Å². The van der Waals surface area contributed by atoms with Crippen LogP contribution in [0, 0.1) is 11.8 Å². The Kier molecular flexibility index (Phi) is 6.94. The van der Waals surface area contributed by atoms with E-state index in [0.717, 1.165) is 32.1 Å². The van der Waals surface area contributed by atoms with Crippen molar-refractivity contribution >= 4 is 5.91 Å². The van der Waals surface area contributed by atoms with E-state index in [1.165, 1.54) is 0 Å². The van der Waals surface area contributed by atoms with Crippen LogP contribution in [-0.2, 0) is 10.4 Å². The summed E-state index contributed by atoms with van der Waals surface area (Å²) in [6.07, 6.45) is 4.12. The smallest absolute Gasteiger partial charge is 0.259 e. The largest absolute Gasteiger partial charge is 0.375 e. The summed E-state index contributed by atoms with van der Waals surface area (Å²) >= 11 is 0. The Bertz CT molecular complexity index is 677. The topological polar surface area (TPSA) is 66.6 Å². The molecule has 1 saturated heterocycles. The van der Waals surface area contributed by atoms with Gasteiger partial charge in [-0.25, -0.2) is 8.78 Å². The number of amides is 1. The molecular formula is C23H34F2N2O2. The van der Waals surface area contributed by atoms with E-state index in [0.29, 0.717) is 24.6 Å². The van der Waals surface area contributed by atoms with Gasteiger partial charge in [-0.1, -0.05) is 43.7 Å². The average molecular weight is 409 g/mol. The zero-order valence-corrected chi connectivity index (χ0v) is 17.3. The Morgan fingerprint density at radius 3 is 2.48 bits per heavy atom. The number of rotatable bonds is 7. The van der Waals surface area contributed by atoms with Gasteiger partial charge < -0.3 is 15.7 Å². The fourth-order valence-electron chi connectivity index (χ4n) is 5.06. The number of piperidine rings is 1. The van der Waals surface area contributed by atoms with Gasteiger partial charge in [0.05, 0.1) is 0 Å². The molecular weight excluding hydrogens is 374 g/mol. The Morgan fingerprint density at radius 2 is 1.93 bits per heavy atom. The standard InChI is InChI=1S/C23H34F2N2O2/c1-2-6-20(26)15-17-10-13-27(14-11-17)21(28)23(29,18-7-4-3-5-8-18)19-9-12-22(24,25)16-19/h3-5,7-8,17,19-20,29H,2,6,9-16,26H2,1H3/t19-,20?,23+/m1/s1. The van der Waals surface area contributed by atoms with Crippen molar-refractivity contribution in [2.75, 3.05) is 13.1 Å². The van der Waals surface area contributed by atoms with Crippen LogP contribution in [0.3, 0.4) is 0 Å². The molecule has 3 N–H and O–H groups in total. The molecule has 4 nitrogen and oxygen atoms in total. The number of hydrogen-bond acceptors (Lipinski definition) is 3. The third kappa shape index (κ3) is 4.97. The molecule has 0 bridgehead atoms. The fraction of sp³-hybridized carbons (Fsp3) is 0.696. The summed E-state index contributed by atoms with van der Waals surface area (Å²) in [5, 5.41) is 11.6. The van der Waals surface area contributed by atoms with E-state index in [1.54, 1.807) is 35.2 Å². The van der Waals surface area contributed by atoms with E-state index in [1.807, 2.05) is 0 Å². The first-order valence-corrected chi connectivity index (χ1v) is 11.0. The highest BCUT2D eigenvalue weighted by Gasteiger charge is 2.54. The first kappa shape index (κ1) is 22.2. The molecule has 2 aliphatic rings. The molecule has 6 heteroatoms. The van der Waals surface area contributed by atoms with Crippen LogP contribution in [-0.4, -0.2) is 41.0 Å². The van der Waals surface area contributed by atoms with Crippen molar-refractivity contribution < 1.29 is 18.7 Å². The van der Waals surface area contributed by atoms with Crippen LogP contribution < -0.4 is 5.73 Å². The van der Waals surface area contributed by atoms with Crippen LogP contribution in [0.4, 0.5) is 8.78 Å². The number of carbonyl (C=O) groups is 1. The number of halogens is 2. The van der Waals surface area contributed by atoms with E-state index in [-0.39, 0.29) is 18.9 Å². The molecule has 0 radical (unpaired) electrons. The summed E-state index contributed by atoms with van der Waals surface area (Å²) in [5.41, 5.74) is 4.69. The lowest BCUT2D eigenvalue weighted by atomic mass is 9.78. The monoisotopic (exact) mass is 408 g/mol. The van der Waals surface area contributed by atoms with Gasteiger partial charge in [0, 0.05) is 37.9 Å². The summed E-state index contributed by atoms with van der Waals surface area (Å²) in [6.45, 7) is 3.21. The summed E-state index contributed by atoms with van der Waals surface area (Å²) in [7, 11) is 0. The molecule has 3 rings (SSSR count). The lowest BCUT2D eigenvalue weighted by molar-refractivity contribution is -0.162. The van der Waals surface area contributed by atoms with Gasteiger partial charge in [0.2, 0.25) is 5.92 Å². The highest BCUT2D eigenvalue weighted by molar-refractivity contribution is 5.87. The SMILES string of the molecule is CCCC(N)CC1CCN(C(=O)[C@](O)(c2ccccc2)[C@@H]2CCC(F)(F)C2)CC1. The minimum absolute atomic E-state index is 0.145. The molecule has 1 aliphatic heterocycles. The van der Waals surface area contributed by atoms with Gasteiger partial charge in [-0.3, -0.25) is 4.79 Å². The Balaban J connectivity index is 1.73. The Morgan fingerprint density at radius 1 is 1.28 bits per heavy atom. The maximum Gasteiger partial charge on any atom is 0.259 e. The number of nitrogens with zero attached hydrogens (tertiary/aromatic N) is 1. The minimum Gasteiger partial charge on any atom is -0.375 e. The van der Waals surface area contributed by atoms with Crippen molar-refractivity contribution in [3.05, 3.63) is 35.9 Å². The molecule has 162 valence electrons. The van der Waals surface area contributed by atoms with E-state index in [4.69, 9.17) is 5.73 Å². The molecule has 1 aromatic rings. The normalized spacial score (nSPS) is 25.6. The van der Waals surface area contributed by atoms with Gasteiger partial charge in [-0.05, 0) is 43.6 Å². The number of alkyl halides is 2. The van der Waals surface area contributed by atoms with Crippen LogP contribution >= 0.6 is 0 Å². The third-order valence-electron chi connectivity index (χ3n) is 6.73. The van der Waals surface area contributed by atoms with Gasteiger partial charge in [0.15, 0.2) is 5.60 Å². The number of carbonyl (C=O) groups excluding carboxylic acids is 1. The summed E-state index contributed by atoms with van der Waals surface area (Å²) in [5.74, 6) is -3.55. The predicted molar refractivity (Wildman–Crippen MR) is 109 cm³/mol. The van der Waals surface area contributed by atoms with E-state index in [2.05, 4.69) is 6.92 Å². The van der Waals surface area contributed by atoms with E-state index < -0.39 is 29.8 Å². The molecule has 1 aliphatic carbocycles. The quantitative estimate of drug-likeness (QED) is 0.715. The number of aliphatic hydroxyl groups is 1. The predicted octanol–water partition coefficient (Wildman–Crippen LogP) is 4.07. The Labute approximate surface area is 172 Å². The maximum atomic E-state index is 13.9. The fourth-order valence-corrected chi connectivity index (χ4v) is 5.06. The van der Waals surface area contributed by atoms with Gasteiger partial charge in [-0.2, -0.15) is 0 Å². The molecule has 1 amide bonds. The van der Waals surface area contributed by atoms with Crippen LogP contribution in [0.15, 0.2) is 30.3 Å². The van der Waals surface area contributed by atoms with Crippen molar-refractivity contribution in [2.45, 2.75) is 75.9 Å². The highest BCUT2D eigenvalue weighted by Crippen LogP contribution is 2.48. The Hall–Kier alpha value is -1.53. The first-order chi connectivity index (χ1) is 13.8. The third-order valence-corrected chi connectivity index (χ3v) is 6.73. The van der Waals surface area contributed by atoms with E-state index >= 15 is 0 Å². The van der Waals surface area contributed by atoms with Crippen LogP contribution in [0.5, 0.6) is 0 Å². The molecule has 3 atom stereocenters. The maximum absolute atomic E-state index is 13.9. The first-order valence-electron chi connectivity index (χ1n) is 11.0. The molecule has 1 heterocycles. The summed E-state index contributed by atoms with van der Waals surface area (Å²) in [6, 6.07) is 8.80. The molecule has 1 unspecified atom stereocenters. The van der Waals surface area contributed by atoms with Crippen molar-refractivity contribution in [3.8, 4) is 0 Å². The highest BCUT2D eigenvalue weighted by atomic mass is 19.3. The average Bonchev–Trinajstić information content (AvgIpc) is 3.08. The molecule has 1 aromatic carbocycles. The van der Waals surface area contributed by atoms with Crippen LogP contribution in [0.25, 0.3) is 0 Å². The number of benzene rings is 1. The lowest BCUT2D eigenvalue weighted by Crippen LogP contribution is -2.53. The zero-order valence-electron chi connectivity index (χ0n) is 17.3. The lowest BCUT2D eigenvalue weighted by Gasteiger charge is -2.41. The van der Waals surface area contributed by atoms with Gasteiger partial charge in [-0.15, -0.1) is 0 Å². The van der Waals surface area contributed by atoms with Gasteiger partial charge in [0.1, 0.15) is 0 Å². The zero-order chi connectivity index (χ0) is 21.1. The van der Waals surface area contributed by atoms with Gasteiger partial charge >= 0.3 is 0 Å². The number of hydrogen-bond donors (Lipinski definition) is 2. The van der Waals surface area contributed by atoms with Crippen molar-refractivity contribution in [1.29, 1.82) is 0 Å². The van der Waals surface area contributed by atoms with Crippen molar-refractivity contribution in [1.82, 2.24) is 4.90 Å². The van der Waals surface area contributed by atoms with Crippen molar-refractivity contribution in [2.24, 2.45) is 17.6 Å². The number of likely N-dealkylation sites (tertiary alicyclic amines) is 1. The van der Waals surface area contributed by atoms with Crippen LogP contribution in [0.1, 0.15) is 63.9 Å². The molecule has 0 aromatic heterocycles.